The van der Waals surface area contributed by atoms with Crippen molar-refractivity contribution >= 4 is 16.1 Å². The molecule has 0 atom stereocenters. The number of benzene rings is 1. The molecule has 2 amide bonds. The average molecular weight is 369 g/mol. The number of hydrogen-bond acceptors (Lipinski definition) is 4. The normalized spacial score (nSPS) is 16.1. The van der Waals surface area contributed by atoms with Gasteiger partial charge in [-0.05, 0) is 38.0 Å². The third-order valence-corrected chi connectivity index (χ3v) is 6.11. The summed E-state index contributed by atoms with van der Waals surface area (Å²) >= 11 is 0. The number of ether oxygens (including phenoxy) is 1. The van der Waals surface area contributed by atoms with E-state index in [0.29, 0.717) is 18.8 Å². The van der Waals surface area contributed by atoms with Crippen molar-refractivity contribution in [2.45, 2.75) is 38.1 Å². The van der Waals surface area contributed by atoms with Crippen LogP contribution < -0.4 is 10.1 Å². The Labute approximate surface area is 150 Å². The number of methoxy groups -OCH3 is 1. The number of amides is 2. The first kappa shape index (κ1) is 19.5. The molecule has 1 N–H and O–H groups in total. The average Bonchev–Trinajstić information content (AvgIpc) is 2.60. The number of sulfonamides is 1. The van der Waals surface area contributed by atoms with Gasteiger partial charge in [0, 0.05) is 32.2 Å². The molecule has 7 nitrogen and oxygen atoms in total. The van der Waals surface area contributed by atoms with Crippen LogP contribution in [0.1, 0.15) is 26.3 Å². The SMILES string of the molecule is CCc1ccc(OC)c(S(=O)(=O)N2CCN(C(=O)NC(C)C)CC2)c1. The molecule has 0 unspecified atom stereocenters. The highest BCUT2D eigenvalue weighted by molar-refractivity contribution is 7.89. The monoisotopic (exact) mass is 369 g/mol. The van der Waals surface area contributed by atoms with E-state index in [2.05, 4.69) is 5.32 Å². The Balaban J connectivity index is 2.16. The van der Waals surface area contributed by atoms with Crippen LogP contribution in [-0.4, -0.2) is 63.0 Å². The van der Waals surface area contributed by atoms with Gasteiger partial charge in [-0.2, -0.15) is 4.31 Å². The zero-order valence-electron chi connectivity index (χ0n) is 15.3. The summed E-state index contributed by atoms with van der Waals surface area (Å²) in [5.74, 6) is 0.345. The molecule has 0 spiro atoms. The summed E-state index contributed by atoms with van der Waals surface area (Å²) in [5, 5.41) is 2.83. The molecule has 0 radical (unpaired) electrons. The van der Waals surface area contributed by atoms with Gasteiger partial charge in [0.25, 0.3) is 0 Å². The summed E-state index contributed by atoms with van der Waals surface area (Å²) in [4.78, 5) is 13.9. The standard InChI is InChI=1S/C17H27N3O4S/c1-5-14-6-7-15(24-4)16(12-14)25(22,23)20-10-8-19(9-11-20)17(21)18-13(2)3/h6-7,12-13H,5,8-11H2,1-4H3,(H,18,21). The molecule has 1 fully saturated rings. The van der Waals surface area contributed by atoms with Crippen molar-refractivity contribution < 1.29 is 17.9 Å². The summed E-state index contributed by atoms with van der Waals surface area (Å²) in [7, 11) is -2.19. The third-order valence-electron chi connectivity index (χ3n) is 4.19. The number of hydrogen-bond donors (Lipinski definition) is 1. The van der Waals surface area contributed by atoms with Crippen molar-refractivity contribution in [1.29, 1.82) is 0 Å². The van der Waals surface area contributed by atoms with Crippen molar-refractivity contribution in [2.75, 3.05) is 33.3 Å². The molecule has 1 heterocycles. The second kappa shape index (κ2) is 8.05. The number of nitrogens with zero attached hydrogens (tertiary/aromatic N) is 2. The van der Waals surface area contributed by atoms with E-state index in [1.54, 1.807) is 17.0 Å². The van der Waals surface area contributed by atoms with Gasteiger partial charge in [0.05, 0.1) is 7.11 Å². The van der Waals surface area contributed by atoms with E-state index < -0.39 is 10.0 Å². The highest BCUT2D eigenvalue weighted by Crippen LogP contribution is 2.28. The molecule has 1 aromatic rings. The third kappa shape index (κ3) is 4.43. The predicted molar refractivity (Wildman–Crippen MR) is 96.4 cm³/mol. The Morgan fingerprint density at radius 3 is 2.40 bits per heavy atom. The summed E-state index contributed by atoms with van der Waals surface area (Å²) in [5.41, 5.74) is 0.939. The second-order valence-electron chi connectivity index (χ2n) is 6.33. The van der Waals surface area contributed by atoms with Crippen LogP contribution in [0.2, 0.25) is 0 Å². The van der Waals surface area contributed by atoms with Gasteiger partial charge in [0.1, 0.15) is 10.6 Å². The predicted octanol–water partition coefficient (Wildman–Crippen LogP) is 1.68. The largest absolute Gasteiger partial charge is 0.495 e. The molecule has 1 saturated heterocycles. The molecule has 25 heavy (non-hydrogen) atoms. The van der Waals surface area contributed by atoms with Gasteiger partial charge >= 0.3 is 6.03 Å². The molecule has 0 bridgehead atoms. The quantitative estimate of drug-likeness (QED) is 0.856. The van der Waals surface area contributed by atoms with Crippen LogP contribution in [0.25, 0.3) is 0 Å². The Kier molecular flexibility index (Phi) is 6.29. The fourth-order valence-corrected chi connectivity index (χ4v) is 4.38. The number of urea groups is 1. The molecule has 8 heteroatoms. The maximum absolute atomic E-state index is 13.0. The number of rotatable bonds is 5. The molecule has 2 rings (SSSR count). The minimum Gasteiger partial charge on any atom is -0.495 e. The van der Waals surface area contributed by atoms with E-state index in [0.717, 1.165) is 12.0 Å². The Morgan fingerprint density at radius 1 is 1.24 bits per heavy atom. The van der Waals surface area contributed by atoms with Gasteiger partial charge in [-0.15, -0.1) is 0 Å². The zero-order chi connectivity index (χ0) is 18.6. The number of carbonyl (C=O) groups excluding carboxylic acids is 1. The van der Waals surface area contributed by atoms with E-state index in [9.17, 15) is 13.2 Å². The lowest BCUT2D eigenvalue weighted by atomic mass is 10.2. The van der Waals surface area contributed by atoms with Crippen LogP contribution >= 0.6 is 0 Å². The Morgan fingerprint density at radius 2 is 1.88 bits per heavy atom. The summed E-state index contributed by atoms with van der Waals surface area (Å²) in [6.45, 7) is 7.05. The molecule has 0 saturated carbocycles. The number of aryl methyl sites for hydroxylation is 1. The number of piperazine rings is 1. The van der Waals surface area contributed by atoms with Gasteiger partial charge in [0.15, 0.2) is 0 Å². The first-order valence-electron chi connectivity index (χ1n) is 8.52. The van der Waals surface area contributed by atoms with Crippen LogP contribution in [0.4, 0.5) is 4.79 Å². The first-order chi connectivity index (χ1) is 11.8. The van der Waals surface area contributed by atoms with E-state index >= 15 is 0 Å². The van der Waals surface area contributed by atoms with Gasteiger partial charge < -0.3 is 15.0 Å². The molecule has 0 aromatic heterocycles. The summed E-state index contributed by atoms with van der Waals surface area (Å²) in [6, 6.07) is 5.13. The zero-order valence-corrected chi connectivity index (χ0v) is 16.1. The molecule has 140 valence electrons. The van der Waals surface area contributed by atoms with E-state index in [1.807, 2.05) is 26.8 Å². The molecular formula is C17H27N3O4S. The molecule has 1 aliphatic rings. The maximum atomic E-state index is 13.0. The Bertz CT molecular complexity index is 711. The van der Waals surface area contributed by atoms with Crippen LogP contribution in [-0.2, 0) is 16.4 Å². The summed E-state index contributed by atoms with van der Waals surface area (Å²) < 4.78 is 32.7. The van der Waals surface area contributed by atoms with E-state index in [4.69, 9.17) is 4.74 Å². The van der Waals surface area contributed by atoms with E-state index in [1.165, 1.54) is 11.4 Å². The maximum Gasteiger partial charge on any atom is 0.317 e. The van der Waals surface area contributed by atoms with Crippen LogP contribution in [0.3, 0.4) is 0 Å². The van der Waals surface area contributed by atoms with Crippen LogP contribution in [0, 0.1) is 0 Å². The topological polar surface area (TPSA) is 79.0 Å². The van der Waals surface area contributed by atoms with Crippen molar-refractivity contribution in [3.63, 3.8) is 0 Å². The van der Waals surface area contributed by atoms with Gasteiger partial charge in [0.2, 0.25) is 10.0 Å². The second-order valence-corrected chi connectivity index (χ2v) is 8.24. The Hall–Kier alpha value is -1.80. The van der Waals surface area contributed by atoms with Gasteiger partial charge in [-0.25, -0.2) is 13.2 Å². The van der Waals surface area contributed by atoms with Crippen molar-refractivity contribution in [1.82, 2.24) is 14.5 Å². The van der Waals surface area contributed by atoms with Crippen LogP contribution in [0.5, 0.6) is 5.75 Å². The lowest BCUT2D eigenvalue weighted by Gasteiger charge is -2.34. The van der Waals surface area contributed by atoms with Gasteiger partial charge in [-0.1, -0.05) is 13.0 Å². The molecular weight excluding hydrogens is 342 g/mol. The van der Waals surface area contributed by atoms with Crippen LogP contribution in [0.15, 0.2) is 23.1 Å². The van der Waals surface area contributed by atoms with E-state index in [-0.39, 0.29) is 30.1 Å². The lowest BCUT2D eigenvalue weighted by Crippen LogP contribution is -2.53. The molecule has 1 aromatic carbocycles. The fraction of sp³-hybridized carbons (Fsp3) is 0.588. The van der Waals surface area contributed by atoms with Crippen molar-refractivity contribution in [3.05, 3.63) is 23.8 Å². The first-order valence-corrected chi connectivity index (χ1v) is 9.96. The minimum absolute atomic E-state index is 0.0512. The number of nitrogens with one attached hydrogen (secondary N) is 1. The smallest absolute Gasteiger partial charge is 0.317 e. The molecule has 0 aliphatic carbocycles. The van der Waals surface area contributed by atoms with Crippen molar-refractivity contribution in [3.8, 4) is 5.75 Å². The summed E-state index contributed by atoms with van der Waals surface area (Å²) in [6.07, 6.45) is 0.746. The lowest BCUT2D eigenvalue weighted by molar-refractivity contribution is 0.170. The minimum atomic E-state index is -3.66. The fourth-order valence-electron chi connectivity index (χ4n) is 2.75. The molecule has 1 aliphatic heterocycles. The highest BCUT2D eigenvalue weighted by Gasteiger charge is 2.32. The van der Waals surface area contributed by atoms with Crippen molar-refractivity contribution in [2.24, 2.45) is 0 Å². The van der Waals surface area contributed by atoms with Gasteiger partial charge in [-0.3, -0.25) is 0 Å². The number of carbonyl (C=O) groups is 1. The highest BCUT2D eigenvalue weighted by atomic mass is 32.2.